The lowest BCUT2D eigenvalue weighted by Crippen LogP contribution is -2.18. The van der Waals surface area contributed by atoms with Crippen molar-refractivity contribution in [2.24, 2.45) is 5.92 Å². The number of hydrogen-bond acceptors (Lipinski definition) is 3. The number of amides is 1. The van der Waals surface area contributed by atoms with E-state index in [0.29, 0.717) is 36.6 Å². The van der Waals surface area contributed by atoms with Crippen molar-refractivity contribution in [3.8, 4) is 6.07 Å². The van der Waals surface area contributed by atoms with E-state index in [1.54, 1.807) is 24.3 Å². The van der Waals surface area contributed by atoms with Gasteiger partial charge in [-0.1, -0.05) is 26.0 Å². The van der Waals surface area contributed by atoms with E-state index in [4.69, 9.17) is 10.00 Å². The van der Waals surface area contributed by atoms with Crippen LogP contribution in [0, 0.1) is 17.2 Å². The number of carbonyl (C=O) groups excluding carboxylic acids is 1. The molecule has 1 amide bonds. The molecule has 4 nitrogen and oxygen atoms in total. The molecule has 0 aliphatic rings. The molecule has 0 spiro atoms. The van der Waals surface area contributed by atoms with Crippen LogP contribution in [-0.2, 0) is 9.53 Å². The number of rotatable bonds is 7. The molecule has 1 aromatic carbocycles. The van der Waals surface area contributed by atoms with Gasteiger partial charge in [-0.25, -0.2) is 0 Å². The van der Waals surface area contributed by atoms with Gasteiger partial charge in [0.05, 0.1) is 17.4 Å². The van der Waals surface area contributed by atoms with Crippen LogP contribution in [0.1, 0.15) is 39.2 Å². The summed E-state index contributed by atoms with van der Waals surface area (Å²) in [6.07, 6.45) is 1.28. The van der Waals surface area contributed by atoms with Gasteiger partial charge in [0.25, 0.3) is 0 Å². The average molecular weight is 274 g/mol. The van der Waals surface area contributed by atoms with E-state index in [-0.39, 0.29) is 12.0 Å². The van der Waals surface area contributed by atoms with Crippen LogP contribution in [0.3, 0.4) is 0 Å². The molecule has 0 fully saturated rings. The summed E-state index contributed by atoms with van der Waals surface area (Å²) in [5.41, 5.74) is 1.04. The third-order valence-corrected chi connectivity index (χ3v) is 3.19. The van der Waals surface area contributed by atoms with Crippen molar-refractivity contribution < 1.29 is 9.53 Å². The monoisotopic (exact) mass is 274 g/mol. The lowest BCUT2D eigenvalue weighted by atomic mass is 10.1. The molecular weight excluding hydrogens is 252 g/mol. The summed E-state index contributed by atoms with van der Waals surface area (Å²) in [5.74, 6) is 0.389. The summed E-state index contributed by atoms with van der Waals surface area (Å²) >= 11 is 0. The maximum Gasteiger partial charge on any atom is 0.224 e. The second-order valence-corrected chi connectivity index (χ2v) is 5.13. The first-order valence-electron chi connectivity index (χ1n) is 6.95. The van der Waals surface area contributed by atoms with E-state index in [0.717, 1.165) is 0 Å². The second kappa shape index (κ2) is 8.34. The lowest BCUT2D eigenvalue weighted by Gasteiger charge is -2.16. The van der Waals surface area contributed by atoms with Crippen LogP contribution in [0.25, 0.3) is 0 Å². The van der Waals surface area contributed by atoms with Gasteiger partial charge in [0, 0.05) is 13.0 Å². The smallest absolute Gasteiger partial charge is 0.224 e. The Labute approximate surface area is 120 Å². The number of hydrogen-bond donors (Lipinski definition) is 1. The summed E-state index contributed by atoms with van der Waals surface area (Å²) in [5, 5.41) is 11.7. The van der Waals surface area contributed by atoms with Crippen molar-refractivity contribution in [3.63, 3.8) is 0 Å². The summed E-state index contributed by atoms with van der Waals surface area (Å²) < 4.78 is 5.62. The molecule has 1 aromatic rings. The largest absolute Gasteiger partial charge is 0.378 e. The molecule has 1 unspecified atom stereocenters. The average Bonchev–Trinajstić information content (AvgIpc) is 2.43. The first kappa shape index (κ1) is 16.2. The standard InChI is InChI=1S/C16H22N2O2/c1-12(2)13(3)20-10-6-9-16(19)18-15-8-5-4-7-14(15)11-17/h4-5,7-8,12-13H,6,9-10H2,1-3H3,(H,18,19). The number of anilines is 1. The first-order valence-corrected chi connectivity index (χ1v) is 6.95. The summed E-state index contributed by atoms with van der Waals surface area (Å²) in [4.78, 5) is 11.8. The molecule has 0 radical (unpaired) electrons. The molecule has 0 bridgehead atoms. The Morgan fingerprint density at radius 3 is 2.70 bits per heavy atom. The fraction of sp³-hybridized carbons (Fsp3) is 0.500. The lowest BCUT2D eigenvalue weighted by molar-refractivity contribution is -0.116. The number of carbonyl (C=O) groups is 1. The quantitative estimate of drug-likeness (QED) is 0.776. The summed E-state index contributed by atoms with van der Waals surface area (Å²) in [6.45, 7) is 6.83. The van der Waals surface area contributed by atoms with Gasteiger partial charge in [0.2, 0.25) is 5.91 Å². The van der Waals surface area contributed by atoms with Gasteiger partial charge in [0.15, 0.2) is 0 Å². The van der Waals surface area contributed by atoms with Gasteiger partial charge in [-0.05, 0) is 31.4 Å². The van der Waals surface area contributed by atoms with Crippen LogP contribution < -0.4 is 5.32 Å². The molecular formula is C16H22N2O2. The number of ether oxygens (including phenoxy) is 1. The van der Waals surface area contributed by atoms with Crippen LogP contribution in [0.15, 0.2) is 24.3 Å². The highest BCUT2D eigenvalue weighted by molar-refractivity contribution is 5.92. The van der Waals surface area contributed by atoms with Crippen molar-refractivity contribution in [1.82, 2.24) is 0 Å². The Morgan fingerprint density at radius 1 is 1.35 bits per heavy atom. The second-order valence-electron chi connectivity index (χ2n) is 5.13. The molecule has 1 N–H and O–H groups in total. The Hall–Kier alpha value is -1.86. The van der Waals surface area contributed by atoms with Gasteiger partial charge in [-0.2, -0.15) is 5.26 Å². The minimum atomic E-state index is -0.0894. The number of benzene rings is 1. The summed E-state index contributed by atoms with van der Waals surface area (Å²) in [6, 6.07) is 9.04. The molecule has 0 aliphatic heterocycles. The SMILES string of the molecule is CC(C)C(C)OCCCC(=O)Nc1ccccc1C#N. The van der Waals surface area contributed by atoms with Gasteiger partial charge in [0.1, 0.15) is 6.07 Å². The molecule has 0 aliphatic carbocycles. The van der Waals surface area contributed by atoms with Crippen LogP contribution in [0.4, 0.5) is 5.69 Å². The zero-order valence-corrected chi connectivity index (χ0v) is 12.3. The highest BCUT2D eigenvalue weighted by atomic mass is 16.5. The number of nitrogens with zero attached hydrogens (tertiary/aromatic N) is 1. The molecule has 108 valence electrons. The molecule has 0 heterocycles. The molecule has 4 heteroatoms. The van der Waals surface area contributed by atoms with E-state index in [2.05, 4.69) is 25.2 Å². The Morgan fingerprint density at radius 2 is 2.05 bits per heavy atom. The first-order chi connectivity index (χ1) is 9.54. The highest BCUT2D eigenvalue weighted by Crippen LogP contribution is 2.14. The maximum absolute atomic E-state index is 11.8. The number of nitrogens with one attached hydrogen (secondary N) is 1. The van der Waals surface area contributed by atoms with Crippen LogP contribution in [-0.4, -0.2) is 18.6 Å². The van der Waals surface area contributed by atoms with Crippen LogP contribution in [0.2, 0.25) is 0 Å². The van der Waals surface area contributed by atoms with Gasteiger partial charge >= 0.3 is 0 Å². The fourth-order valence-electron chi connectivity index (χ4n) is 1.60. The third-order valence-electron chi connectivity index (χ3n) is 3.19. The molecule has 0 saturated carbocycles. The molecule has 0 aromatic heterocycles. The van der Waals surface area contributed by atoms with E-state index >= 15 is 0 Å². The molecule has 0 saturated heterocycles. The van der Waals surface area contributed by atoms with Gasteiger partial charge in [-0.15, -0.1) is 0 Å². The molecule has 20 heavy (non-hydrogen) atoms. The van der Waals surface area contributed by atoms with E-state index < -0.39 is 0 Å². The van der Waals surface area contributed by atoms with Crippen molar-refractivity contribution in [1.29, 1.82) is 5.26 Å². The van der Waals surface area contributed by atoms with Crippen molar-refractivity contribution in [2.45, 2.75) is 39.7 Å². The molecule has 1 atom stereocenters. The Balaban J connectivity index is 2.32. The predicted octanol–water partition coefficient (Wildman–Crippen LogP) is 3.34. The van der Waals surface area contributed by atoms with Gasteiger partial charge < -0.3 is 10.1 Å². The predicted molar refractivity (Wildman–Crippen MR) is 79.3 cm³/mol. The zero-order valence-electron chi connectivity index (χ0n) is 12.3. The maximum atomic E-state index is 11.8. The highest BCUT2D eigenvalue weighted by Gasteiger charge is 2.08. The minimum absolute atomic E-state index is 0.0894. The molecule has 1 rings (SSSR count). The van der Waals surface area contributed by atoms with Crippen LogP contribution in [0.5, 0.6) is 0 Å². The Kier molecular flexibility index (Phi) is 6.75. The normalized spacial score (nSPS) is 11.9. The van der Waals surface area contributed by atoms with E-state index in [1.165, 1.54) is 0 Å². The van der Waals surface area contributed by atoms with Crippen LogP contribution >= 0.6 is 0 Å². The van der Waals surface area contributed by atoms with E-state index in [1.807, 2.05) is 6.92 Å². The van der Waals surface area contributed by atoms with Crippen molar-refractivity contribution >= 4 is 11.6 Å². The topological polar surface area (TPSA) is 62.1 Å². The van der Waals surface area contributed by atoms with Crippen molar-refractivity contribution in [3.05, 3.63) is 29.8 Å². The zero-order chi connectivity index (χ0) is 15.0. The number of nitriles is 1. The van der Waals surface area contributed by atoms with Crippen molar-refractivity contribution in [2.75, 3.05) is 11.9 Å². The number of para-hydroxylation sites is 1. The van der Waals surface area contributed by atoms with E-state index in [9.17, 15) is 4.79 Å². The van der Waals surface area contributed by atoms with Gasteiger partial charge in [-0.3, -0.25) is 4.79 Å². The Bertz CT molecular complexity index is 478. The summed E-state index contributed by atoms with van der Waals surface area (Å²) in [7, 11) is 0. The third kappa shape index (κ3) is 5.41. The minimum Gasteiger partial charge on any atom is -0.378 e. The fourth-order valence-corrected chi connectivity index (χ4v) is 1.60.